The van der Waals surface area contributed by atoms with Crippen molar-refractivity contribution in [3.8, 4) is 5.75 Å². The molecule has 192 valence electrons. The average Bonchev–Trinajstić information content (AvgIpc) is 2.90. The molecule has 4 N–H and O–H groups in total. The van der Waals surface area contributed by atoms with Gasteiger partial charge in [0.15, 0.2) is 0 Å². The highest BCUT2D eigenvalue weighted by atomic mass is 16.5. The van der Waals surface area contributed by atoms with Crippen molar-refractivity contribution in [1.82, 2.24) is 16.2 Å². The van der Waals surface area contributed by atoms with Crippen LogP contribution in [0.15, 0.2) is 72.8 Å². The Morgan fingerprint density at radius 3 is 1.95 bits per heavy atom. The maximum Gasteiger partial charge on any atom is 0.269 e. The molecular formula is C28H30N4O5. The van der Waals surface area contributed by atoms with Crippen LogP contribution < -0.4 is 26.2 Å². The molecule has 0 aliphatic carbocycles. The number of carbonyl (C=O) groups is 4. The van der Waals surface area contributed by atoms with Gasteiger partial charge in [0.1, 0.15) is 11.8 Å². The van der Waals surface area contributed by atoms with E-state index in [2.05, 4.69) is 21.5 Å². The fourth-order valence-corrected chi connectivity index (χ4v) is 3.45. The van der Waals surface area contributed by atoms with Gasteiger partial charge in [-0.2, -0.15) is 0 Å². The SMILES string of the molecule is COc1ccc(C(=O)Nc2ccccc2C(=O)N[C@@H](C(=O)NNC(=O)c2ccc(C)cc2)C(C)C)cc1. The van der Waals surface area contributed by atoms with Crippen LogP contribution in [0.25, 0.3) is 0 Å². The summed E-state index contributed by atoms with van der Waals surface area (Å²) >= 11 is 0. The van der Waals surface area contributed by atoms with Gasteiger partial charge in [-0.15, -0.1) is 0 Å². The zero-order valence-electron chi connectivity index (χ0n) is 21.1. The van der Waals surface area contributed by atoms with Crippen molar-refractivity contribution in [2.45, 2.75) is 26.8 Å². The van der Waals surface area contributed by atoms with Crippen LogP contribution in [0, 0.1) is 12.8 Å². The van der Waals surface area contributed by atoms with E-state index in [1.165, 1.54) is 7.11 Å². The van der Waals surface area contributed by atoms with Gasteiger partial charge in [0.25, 0.3) is 23.6 Å². The molecule has 9 heteroatoms. The van der Waals surface area contributed by atoms with Gasteiger partial charge in [-0.3, -0.25) is 30.0 Å². The number of methoxy groups -OCH3 is 1. The van der Waals surface area contributed by atoms with Crippen LogP contribution in [0.5, 0.6) is 5.75 Å². The number of hydrazine groups is 1. The van der Waals surface area contributed by atoms with Crippen molar-refractivity contribution >= 4 is 29.3 Å². The topological polar surface area (TPSA) is 126 Å². The van der Waals surface area contributed by atoms with E-state index in [1.54, 1.807) is 86.6 Å². The lowest BCUT2D eigenvalue weighted by molar-refractivity contribution is -0.124. The van der Waals surface area contributed by atoms with Crippen molar-refractivity contribution in [1.29, 1.82) is 0 Å². The van der Waals surface area contributed by atoms with Crippen LogP contribution in [-0.4, -0.2) is 36.8 Å². The van der Waals surface area contributed by atoms with Crippen LogP contribution in [-0.2, 0) is 4.79 Å². The quantitative estimate of drug-likeness (QED) is 0.351. The predicted molar refractivity (Wildman–Crippen MR) is 140 cm³/mol. The third-order valence-corrected chi connectivity index (χ3v) is 5.62. The smallest absolute Gasteiger partial charge is 0.269 e. The highest BCUT2D eigenvalue weighted by Gasteiger charge is 2.26. The number of aryl methyl sites for hydroxylation is 1. The monoisotopic (exact) mass is 502 g/mol. The number of rotatable bonds is 8. The van der Waals surface area contributed by atoms with E-state index in [4.69, 9.17) is 4.74 Å². The molecule has 0 unspecified atom stereocenters. The third kappa shape index (κ3) is 7.17. The van der Waals surface area contributed by atoms with Crippen molar-refractivity contribution in [3.05, 3.63) is 95.1 Å². The van der Waals surface area contributed by atoms with E-state index < -0.39 is 29.7 Å². The summed E-state index contributed by atoms with van der Waals surface area (Å²) in [5.41, 5.74) is 7.01. The number of amides is 4. The van der Waals surface area contributed by atoms with E-state index in [9.17, 15) is 19.2 Å². The van der Waals surface area contributed by atoms with Crippen LogP contribution in [0.1, 0.15) is 50.5 Å². The molecule has 0 aliphatic heterocycles. The Kier molecular flexibility index (Phi) is 8.99. The maximum atomic E-state index is 13.1. The second kappa shape index (κ2) is 12.3. The molecule has 4 amide bonds. The van der Waals surface area contributed by atoms with Crippen LogP contribution in [0.3, 0.4) is 0 Å². The van der Waals surface area contributed by atoms with Gasteiger partial charge in [0.2, 0.25) is 0 Å². The van der Waals surface area contributed by atoms with E-state index in [-0.39, 0.29) is 17.2 Å². The number of para-hydroxylation sites is 1. The summed E-state index contributed by atoms with van der Waals surface area (Å²) in [4.78, 5) is 51.0. The Balaban J connectivity index is 1.67. The second-order valence-corrected chi connectivity index (χ2v) is 8.73. The molecule has 0 fully saturated rings. The van der Waals surface area contributed by atoms with Gasteiger partial charge in [-0.1, -0.05) is 43.7 Å². The minimum atomic E-state index is -0.948. The number of hydrogen-bond donors (Lipinski definition) is 4. The summed E-state index contributed by atoms with van der Waals surface area (Å²) in [6, 6.07) is 19.0. The normalized spacial score (nSPS) is 11.3. The number of ether oxygens (including phenoxy) is 1. The van der Waals surface area contributed by atoms with E-state index >= 15 is 0 Å². The minimum absolute atomic E-state index is 0.187. The first-order valence-electron chi connectivity index (χ1n) is 11.7. The van der Waals surface area contributed by atoms with Crippen molar-refractivity contribution in [2.24, 2.45) is 5.92 Å². The third-order valence-electron chi connectivity index (χ3n) is 5.62. The van der Waals surface area contributed by atoms with Crippen molar-refractivity contribution < 1.29 is 23.9 Å². The molecule has 37 heavy (non-hydrogen) atoms. The highest BCUT2D eigenvalue weighted by molar-refractivity contribution is 6.09. The first kappa shape index (κ1) is 26.9. The Bertz CT molecular complexity index is 1270. The molecule has 0 radical (unpaired) electrons. The molecule has 3 aromatic rings. The van der Waals surface area contributed by atoms with Crippen molar-refractivity contribution in [2.75, 3.05) is 12.4 Å². The van der Waals surface area contributed by atoms with Gasteiger partial charge >= 0.3 is 0 Å². The second-order valence-electron chi connectivity index (χ2n) is 8.73. The van der Waals surface area contributed by atoms with Gasteiger partial charge in [-0.25, -0.2) is 0 Å². The molecule has 3 rings (SSSR count). The minimum Gasteiger partial charge on any atom is -0.497 e. The number of nitrogens with one attached hydrogen (secondary N) is 4. The number of benzene rings is 3. The Morgan fingerprint density at radius 1 is 0.730 bits per heavy atom. The lowest BCUT2D eigenvalue weighted by Crippen LogP contribution is -2.54. The molecule has 0 aromatic heterocycles. The number of anilines is 1. The summed E-state index contributed by atoms with van der Waals surface area (Å²) in [5.74, 6) is -1.69. The molecule has 0 spiro atoms. The summed E-state index contributed by atoms with van der Waals surface area (Å²) in [5, 5.41) is 5.44. The lowest BCUT2D eigenvalue weighted by atomic mass is 10.0. The van der Waals surface area contributed by atoms with Crippen molar-refractivity contribution in [3.63, 3.8) is 0 Å². The molecule has 0 saturated carbocycles. The van der Waals surface area contributed by atoms with E-state index in [0.717, 1.165) is 5.56 Å². The zero-order chi connectivity index (χ0) is 26.9. The van der Waals surface area contributed by atoms with Gasteiger partial charge in [-0.05, 0) is 61.4 Å². The fraction of sp³-hybridized carbons (Fsp3) is 0.214. The maximum absolute atomic E-state index is 13.1. The molecule has 1 atom stereocenters. The number of carbonyl (C=O) groups excluding carboxylic acids is 4. The molecule has 0 aliphatic rings. The van der Waals surface area contributed by atoms with Crippen LogP contribution in [0.4, 0.5) is 5.69 Å². The molecule has 0 saturated heterocycles. The largest absolute Gasteiger partial charge is 0.497 e. The Labute approximate surface area is 215 Å². The van der Waals surface area contributed by atoms with Crippen LogP contribution in [0.2, 0.25) is 0 Å². The zero-order valence-corrected chi connectivity index (χ0v) is 21.1. The van der Waals surface area contributed by atoms with Gasteiger partial charge in [0, 0.05) is 11.1 Å². The first-order chi connectivity index (χ1) is 17.7. The molecule has 3 aromatic carbocycles. The number of hydrogen-bond acceptors (Lipinski definition) is 5. The lowest BCUT2D eigenvalue weighted by Gasteiger charge is -2.22. The van der Waals surface area contributed by atoms with Gasteiger partial charge in [0.05, 0.1) is 18.4 Å². The molecule has 9 nitrogen and oxygen atoms in total. The van der Waals surface area contributed by atoms with Gasteiger partial charge < -0.3 is 15.4 Å². The summed E-state index contributed by atoms with van der Waals surface area (Å²) in [6.45, 7) is 5.44. The Morgan fingerprint density at radius 2 is 1.32 bits per heavy atom. The first-order valence-corrected chi connectivity index (χ1v) is 11.7. The molecule has 0 heterocycles. The standard InChI is InChI=1S/C28H30N4O5/c1-17(2)24(28(36)32-31-26(34)20-11-9-18(3)10-12-20)30-27(35)22-7-5-6-8-23(22)29-25(33)19-13-15-21(37-4)16-14-19/h5-17,24H,1-4H3,(H,29,33)(H,30,35)(H,31,34)(H,32,36)/t24-/m1/s1. The van der Waals surface area contributed by atoms with E-state index in [1.807, 2.05) is 6.92 Å². The summed E-state index contributed by atoms with van der Waals surface area (Å²) in [6.07, 6.45) is 0. The highest BCUT2D eigenvalue weighted by Crippen LogP contribution is 2.18. The fourth-order valence-electron chi connectivity index (χ4n) is 3.45. The predicted octanol–water partition coefficient (Wildman–Crippen LogP) is 3.47. The summed E-state index contributed by atoms with van der Waals surface area (Å²) in [7, 11) is 1.53. The van der Waals surface area contributed by atoms with E-state index in [0.29, 0.717) is 16.9 Å². The molecular weight excluding hydrogens is 472 g/mol. The average molecular weight is 503 g/mol. The molecule has 0 bridgehead atoms. The Hall–Kier alpha value is -4.66. The van der Waals surface area contributed by atoms with Crippen LogP contribution >= 0.6 is 0 Å². The summed E-state index contributed by atoms with van der Waals surface area (Å²) < 4.78 is 5.11.